The van der Waals surface area contributed by atoms with Gasteiger partial charge >= 0.3 is 0 Å². The van der Waals surface area contributed by atoms with Crippen LogP contribution >= 0.6 is 0 Å². The Morgan fingerprint density at radius 3 is 2.06 bits per heavy atom. The van der Waals surface area contributed by atoms with Crippen LogP contribution in [0.2, 0.25) is 0 Å². The van der Waals surface area contributed by atoms with Gasteiger partial charge in [-0.2, -0.15) is 5.26 Å². The molecule has 1 heterocycles. The molecule has 0 N–H and O–H groups in total. The van der Waals surface area contributed by atoms with Crippen molar-refractivity contribution in [1.29, 1.82) is 5.26 Å². The SMILES string of the molecule is CCOC(C)n1c(/C=C(\C)C#N)nc(-c2ccc(OC)cc2)c1-c1ccc(OC)cc1. The van der Waals surface area contributed by atoms with Gasteiger partial charge in [0.15, 0.2) is 0 Å². The van der Waals surface area contributed by atoms with E-state index in [0.717, 1.165) is 34.0 Å². The molecule has 0 bridgehead atoms. The zero-order valence-corrected chi connectivity index (χ0v) is 18.5. The van der Waals surface area contributed by atoms with Crippen LogP contribution in [0.15, 0.2) is 54.1 Å². The van der Waals surface area contributed by atoms with E-state index >= 15 is 0 Å². The minimum absolute atomic E-state index is 0.278. The van der Waals surface area contributed by atoms with E-state index in [-0.39, 0.29) is 6.23 Å². The number of imidazole rings is 1. The minimum Gasteiger partial charge on any atom is -0.497 e. The molecule has 0 fully saturated rings. The molecular weight excluding hydrogens is 390 g/mol. The van der Waals surface area contributed by atoms with E-state index in [4.69, 9.17) is 19.2 Å². The number of nitrogens with zero attached hydrogens (tertiary/aromatic N) is 3. The average molecular weight is 418 g/mol. The zero-order chi connectivity index (χ0) is 22.4. The molecule has 0 aliphatic rings. The van der Waals surface area contributed by atoms with Crippen LogP contribution in [0.1, 0.15) is 32.8 Å². The second-order valence-corrected chi connectivity index (χ2v) is 6.99. The first-order valence-electron chi connectivity index (χ1n) is 10.1. The maximum Gasteiger partial charge on any atom is 0.136 e. The Kier molecular flexibility index (Phi) is 7.11. The van der Waals surface area contributed by atoms with Crippen LogP contribution in [0.5, 0.6) is 11.5 Å². The quantitative estimate of drug-likeness (QED) is 0.439. The number of nitriles is 1. The van der Waals surface area contributed by atoms with Crippen molar-refractivity contribution in [2.45, 2.75) is 27.0 Å². The van der Waals surface area contributed by atoms with Crippen LogP contribution < -0.4 is 9.47 Å². The van der Waals surface area contributed by atoms with Gasteiger partial charge in [-0.3, -0.25) is 4.57 Å². The molecule has 0 aliphatic carbocycles. The summed E-state index contributed by atoms with van der Waals surface area (Å²) in [5.74, 6) is 2.22. The standard InChI is InChI=1S/C25H27N3O3/c1-6-31-18(3)28-23(15-17(2)16-26)27-24(19-7-11-21(29-4)12-8-19)25(28)20-9-13-22(30-5)14-10-20/h7-15,18H,6H2,1-5H3/b17-15+. The van der Waals surface area contributed by atoms with E-state index in [1.807, 2.05) is 66.9 Å². The molecule has 0 saturated heterocycles. The number of methoxy groups -OCH3 is 2. The van der Waals surface area contributed by atoms with Crippen molar-refractivity contribution in [3.05, 3.63) is 59.9 Å². The van der Waals surface area contributed by atoms with Crippen molar-refractivity contribution in [2.75, 3.05) is 20.8 Å². The molecule has 160 valence electrons. The smallest absolute Gasteiger partial charge is 0.136 e. The minimum atomic E-state index is -0.278. The first-order valence-corrected chi connectivity index (χ1v) is 10.1. The lowest BCUT2D eigenvalue weighted by Crippen LogP contribution is -2.12. The molecule has 6 nitrogen and oxygen atoms in total. The molecule has 0 radical (unpaired) electrons. The third kappa shape index (κ3) is 4.79. The lowest BCUT2D eigenvalue weighted by Gasteiger charge is -2.19. The Morgan fingerprint density at radius 2 is 1.58 bits per heavy atom. The summed E-state index contributed by atoms with van der Waals surface area (Å²) in [5.41, 5.74) is 4.19. The van der Waals surface area contributed by atoms with Gasteiger partial charge in [-0.15, -0.1) is 0 Å². The van der Waals surface area contributed by atoms with Crippen LogP contribution in [-0.2, 0) is 4.74 Å². The third-order valence-corrected chi connectivity index (χ3v) is 4.96. The maximum atomic E-state index is 9.34. The monoisotopic (exact) mass is 417 g/mol. The number of benzene rings is 2. The van der Waals surface area contributed by atoms with Crippen LogP contribution in [-0.4, -0.2) is 30.4 Å². The largest absolute Gasteiger partial charge is 0.497 e. The number of allylic oxidation sites excluding steroid dienone is 1. The van der Waals surface area contributed by atoms with Gasteiger partial charge < -0.3 is 14.2 Å². The van der Waals surface area contributed by atoms with E-state index in [1.165, 1.54) is 0 Å². The number of hydrogen-bond donors (Lipinski definition) is 0. The van der Waals surface area contributed by atoms with Gasteiger partial charge in [0.25, 0.3) is 0 Å². The van der Waals surface area contributed by atoms with Gasteiger partial charge in [-0.25, -0.2) is 4.98 Å². The Balaban J connectivity index is 2.31. The fourth-order valence-electron chi connectivity index (χ4n) is 3.44. The van der Waals surface area contributed by atoms with Gasteiger partial charge in [0.1, 0.15) is 23.6 Å². The summed E-state index contributed by atoms with van der Waals surface area (Å²) in [6.45, 7) is 6.26. The molecule has 2 aromatic carbocycles. The number of hydrogen-bond acceptors (Lipinski definition) is 5. The highest BCUT2D eigenvalue weighted by Gasteiger charge is 2.23. The van der Waals surface area contributed by atoms with Gasteiger partial charge in [0.05, 0.1) is 31.7 Å². The Morgan fingerprint density at radius 1 is 1.03 bits per heavy atom. The molecule has 1 aromatic heterocycles. The highest BCUT2D eigenvalue weighted by molar-refractivity contribution is 5.81. The average Bonchev–Trinajstić information content (AvgIpc) is 3.18. The van der Waals surface area contributed by atoms with E-state index in [9.17, 15) is 5.26 Å². The van der Waals surface area contributed by atoms with Gasteiger partial charge in [-0.05, 0) is 75.4 Å². The molecule has 3 rings (SSSR count). The second-order valence-electron chi connectivity index (χ2n) is 6.99. The van der Waals surface area contributed by atoms with Crippen LogP contribution in [0.3, 0.4) is 0 Å². The molecule has 3 aromatic rings. The summed E-state index contributed by atoms with van der Waals surface area (Å²) >= 11 is 0. The zero-order valence-electron chi connectivity index (χ0n) is 18.5. The van der Waals surface area contributed by atoms with E-state index < -0.39 is 0 Å². The predicted octanol–water partition coefficient (Wildman–Crippen LogP) is 5.72. The molecule has 0 saturated carbocycles. The lowest BCUT2D eigenvalue weighted by molar-refractivity contribution is 0.0255. The van der Waals surface area contributed by atoms with Crippen molar-refractivity contribution < 1.29 is 14.2 Å². The van der Waals surface area contributed by atoms with Crippen LogP contribution in [0.4, 0.5) is 0 Å². The highest BCUT2D eigenvalue weighted by atomic mass is 16.5. The van der Waals surface area contributed by atoms with Crippen molar-refractivity contribution in [1.82, 2.24) is 9.55 Å². The summed E-state index contributed by atoms with van der Waals surface area (Å²) in [6, 6.07) is 17.8. The molecule has 0 spiro atoms. The Bertz CT molecular complexity index is 1090. The number of ether oxygens (including phenoxy) is 3. The molecule has 31 heavy (non-hydrogen) atoms. The number of aromatic nitrogens is 2. The van der Waals surface area contributed by atoms with Gasteiger partial charge in [0.2, 0.25) is 0 Å². The summed E-state index contributed by atoms with van der Waals surface area (Å²) in [5, 5.41) is 9.34. The summed E-state index contributed by atoms with van der Waals surface area (Å²) in [6.07, 6.45) is 1.51. The van der Waals surface area contributed by atoms with Crippen molar-refractivity contribution in [3.8, 4) is 40.1 Å². The topological polar surface area (TPSA) is 69.3 Å². The van der Waals surface area contributed by atoms with E-state index in [0.29, 0.717) is 18.0 Å². The first-order chi connectivity index (χ1) is 15.0. The molecule has 0 amide bonds. The van der Waals surface area contributed by atoms with Crippen LogP contribution in [0.25, 0.3) is 28.6 Å². The maximum absolute atomic E-state index is 9.34. The van der Waals surface area contributed by atoms with E-state index in [2.05, 4.69) is 6.07 Å². The molecular formula is C25H27N3O3. The summed E-state index contributed by atoms with van der Waals surface area (Å²) in [4.78, 5) is 4.93. The molecule has 0 aliphatic heterocycles. The molecule has 6 heteroatoms. The van der Waals surface area contributed by atoms with E-state index in [1.54, 1.807) is 27.2 Å². The fraction of sp³-hybridized carbons (Fsp3) is 0.280. The van der Waals surface area contributed by atoms with Crippen molar-refractivity contribution >= 4 is 6.08 Å². The highest BCUT2D eigenvalue weighted by Crippen LogP contribution is 2.37. The summed E-state index contributed by atoms with van der Waals surface area (Å²) in [7, 11) is 3.29. The third-order valence-electron chi connectivity index (χ3n) is 4.96. The van der Waals surface area contributed by atoms with Crippen molar-refractivity contribution in [3.63, 3.8) is 0 Å². The fourth-order valence-corrected chi connectivity index (χ4v) is 3.44. The number of rotatable bonds is 8. The lowest BCUT2D eigenvalue weighted by atomic mass is 10.0. The van der Waals surface area contributed by atoms with Crippen molar-refractivity contribution in [2.24, 2.45) is 0 Å². The Hall–Kier alpha value is -3.56. The second kappa shape index (κ2) is 9.96. The predicted molar refractivity (Wildman–Crippen MR) is 122 cm³/mol. The molecule has 1 atom stereocenters. The summed E-state index contributed by atoms with van der Waals surface area (Å²) < 4.78 is 18.6. The van der Waals surface area contributed by atoms with Crippen LogP contribution in [0, 0.1) is 11.3 Å². The van der Waals surface area contributed by atoms with Gasteiger partial charge in [0, 0.05) is 23.3 Å². The Labute approximate surface area is 183 Å². The first kappa shape index (κ1) is 22.1. The van der Waals surface area contributed by atoms with Gasteiger partial charge in [-0.1, -0.05) is 0 Å². The normalized spacial score (nSPS) is 12.3. The molecule has 1 unspecified atom stereocenters.